The molecule has 0 atom stereocenters. The molecule has 6 heteroatoms. The van der Waals surface area contributed by atoms with Gasteiger partial charge in [-0.1, -0.05) is 23.7 Å². The van der Waals surface area contributed by atoms with Crippen LogP contribution in [0.3, 0.4) is 0 Å². The number of pyridine rings is 1. The number of benzene rings is 1. The Balaban J connectivity index is 2.30. The fourth-order valence-corrected chi connectivity index (χ4v) is 1.76. The van der Waals surface area contributed by atoms with Crippen molar-refractivity contribution in [2.45, 2.75) is 0 Å². The zero-order valence-corrected chi connectivity index (χ0v) is 10.5. The topological polar surface area (TPSA) is 85.1 Å². The lowest BCUT2D eigenvalue weighted by Gasteiger charge is -2.09. The Hall–Kier alpha value is -2.40. The number of para-hydroxylation sites is 1. The molecule has 0 saturated heterocycles. The van der Waals surface area contributed by atoms with Gasteiger partial charge in [0.1, 0.15) is 0 Å². The Labute approximate surface area is 114 Å². The highest BCUT2D eigenvalue weighted by atomic mass is 35.5. The minimum absolute atomic E-state index is 0.233. The van der Waals surface area contributed by atoms with Crippen LogP contribution in [0.2, 0.25) is 5.02 Å². The van der Waals surface area contributed by atoms with Crippen molar-refractivity contribution < 1.29 is 9.59 Å². The van der Waals surface area contributed by atoms with Gasteiger partial charge in [0.05, 0.1) is 21.8 Å². The number of hydrogen-bond acceptors (Lipinski definition) is 3. The van der Waals surface area contributed by atoms with E-state index >= 15 is 0 Å². The number of nitrogens with zero attached hydrogens (tertiary/aromatic N) is 1. The Kier molecular flexibility index (Phi) is 3.77. The molecule has 1 aromatic heterocycles. The summed E-state index contributed by atoms with van der Waals surface area (Å²) >= 11 is 5.87. The summed E-state index contributed by atoms with van der Waals surface area (Å²) in [6.07, 6.45) is 2.83. The van der Waals surface area contributed by atoms with Gasteiger partial charge >= 0.3 is 0 Å². The zero-order chi connectivity index (χ0) is 13.8. The molecule has 96 valence electrons. The summed E-state index contributed by atoms with van der Waals surface area (Å²) in [5.41, 5.74) is 6.08. The number of carbonyl (C=O) groups excluding carboxylic acids is 2. The first kappa shape index (κ1) is 13.0. The van der Waals surface area contributed by atoms with E-state index in [0.29, 0.717) is 5.69 Å². The van der Waals surface area contributed by atoms with Crippen LogP contribution in [0.15, 0.2) is 42.7 Å². The van der Waals surface area contributed by atoms with Crippen LogP contribution in [0.5, 0.6) is 0 Å². The summed E-state index contributed by atoms with van der Waals surface area (Å²) < 4.78 is 0. The van der Waals surface area contributed by atoms with E-state index in [1.165, 1.54) is 24.5 Å². The van der Waals surface area contributed by atoms with Gasteiger partial charge in [-0.15, -0.1) is 0 Å². The molecule has 0 radical (unpaired) electrons. The number of amides is 2. The predicted molar refractivity (Wildman–Crippen MR) is 72.2 cm³/mol. The number of halogens is 1. The first-order valence-electron chi connectivity index (χ1n) is 5.39. The quantitative estimate of drug-likeness (QED) is 0.899. The van der Waals surface area contributed by atoms with Crippen LogP contribution in [0, 0.1) is 0 Å². The van der Waals surface area contributed by atoms with Gasteiger partial charge in [-0.2, -0.15) is 0 Å². The molecule has 0 aliphatic rings. The lowest BCUT2D eigenvalue weighted by molar-refractivity contribution is 0.100. The van der Waals surface area contributed by atoms with Crippen molar-refractivity contribution in [3.63, 3.8) is 0 Å². The summed E-state index contributed by atoms with van der Waals surface area (Å²) in [4.78, 5) is 27.1. The number of rotatable bonds is 3. The molecule has 2 rings (SSSR count). The number of carbonyl (C=O) groups is 2. The fourth-order valence-electron chi connectivity index (χ4n) is 1.56. The third-order valence-electron chi connectivity index (χ3n) is 2.46. The smallest absolute Gasteiger partial charge is 0.257 e. The molecule has 0 spiro atoms. The van der Waals surface area contributed by atoms with Crippen molar-refractivity contribution in [3.05, 3.63) is 58.9 Å². The molecule has 1 aromatic carbocycles. The van der Waals surface area contributed by atoms with Crippen molar-refractivity contribution in [1.29, 1.82) is 0 Å². The summed E-state index contributed by atoms with van der Waals surface area (Å²) in [6, 6.07) is 7.97. The Morgan fingerprint density at radius 3 is 2.58 bits per heavy atom. The van der Waals surface area contributed by atoms with Crippen LogP contribution in [0.25, 0.3) is 0 Å². The average molecular weight is 276 g/mol. The summed E-state index contributed by atoms with van der Waals surface area (Å²) in [6.45, 7) is 0. The minimum atomic E-state index is -0.614. The van der Waals surface area contributed by atoms with Crippen molar-refractivity contribution in [3.8, 4) is 0 Å². The average Bonchev–Trinajstić information content (AvgIpc) is 2.39. The number of aromatic nitrogens is 1. The second kappa shape index (κ2) is 5.49. The lowest BCUT2D eigenvalue weighted by atomic mass is 10.1. The molecular weight excluding hydrogens is 266 g/mol. The van der Waals surface area contributed by atoms with E-state index in [2.05, 4.69) is 10.3 Å². The fraction of sp³-hybridized carbons (Fsp3) is 0. The van der Waals surface area contributed by atoms with E-state index in [1.807, 2.05) is 0 Å². The Morgan fingerprint density at radius 2 is 1.89 bits per heavy atom. The van der Waals surface area contributed by atoms with Crippen molar-refractivity contribution >= 4 is 29.1 Å². The number of primary amides is 1. The van der Waals surface area contributed by atoms with E-state index in [9.17, 15) is 9.59 Å². The van der Waals surface area contributed by atoms with E-state index in [-0.39, 0.29) is 16.1 Å². The van der Waals surface area contributed by atoms with Crippen molar-refractivity contribution in [1.82, 2.24) is 4.98 Å². The third kappa shape index (κ3) is 2.89. The lowest BCUT2D eigenvalue weighted by Crippen LogP contribution is -2.18. The normalized spacial score (nSPS) is 9.95. The maximum absolute atomic E-state index is 12.0. The minimum Gasteiger partial charge on any atom is -0.366 e. The summed E-state index contributed by atoms with van der Waals surface area (Å²) in [7, 11) is 0. The van der Waals surface area contributed by atoms with Crippen LogP contribution in [0.4, 0.5) is 5.69 Å². The van der Waals surface area contributed by atoms with E-state index in [1.54, 1.807) is 18.2 Å². The standard InChI is InChI=1S/C13H10ClN3O2/c14-10-7-16-6-5-8(10)13(19)17-11-4-2-1-3-9(11)12(15)18/h1-7H,(H2,15,18)(H,17,19). The highest BCUT2D eigenvalue weighted by Gasteiger charge is 2.13. The van der Waals surface area contributed by atoms with Crippen LogP contribution in [0.1, 0.15) is 20.7 Å². The summed E-state index contributed by atoms with van der Waals surface area (Å²) in [5, 5.41) is 2.83. The van der Waals surface area contributed by atoms with E-state index in [0.717, 1.165) is 0 Å². The number of anilines is 1. The Morgan fingerprint density at radius 1 is 1.16 bits per heavy atom. The third-order valence-corrected chi connectivity index (χ3v) is 2.76. The van der Waals surface area contributed by atoms with Crippen molar-refractivity contribution in [2.24, 2.45) is 5.73 Å². The highest BCUT2D eigenvalue weighted by Crippen LogP contribution is 2.18. The highest BCUT2D eigenvalue weighted by molar-refractivity contribution is 6.34. The molecule has 0 saturated carbocycles. The van der Waals surface area contributed by atoms with Crippen LogP contribution in [-0.2, 0) is 0 Å². The Bertz CT molecular complexity index is 643. The molecule has 19 heavy (non-hydrogen) atoms. The van der Waals surface area contributed by atoms with Gasteiger partial charge in [-0.3, -0.25) is 14.6 Å². The van der Waals surface area contributed by atoms with E-state index < -0.39 is 11.8 Å². The maximum atomic E-state index is 12.0. The van der Waals surface area contributed by atoms with Crippen LogP contribution >= 0.6 is 11.6 Å². The second-order valence-electron chi connectivity index (χ2n) is 3.72. The number of nitrogens with one attached hydrogen (secondary N) is 1. The molecule has 2 aromatic rings. The molecular formula is C13H10ClN3O2. The molecule has 2 amide bonds. The summed E-state index contributed by atoms with van der Waals surface area (Å²) in [5.74, 6) is -1.04. The predicted octanol–water partition coefficient (Wildman–Crippen LogP) is 2.09. The van der Waals surface area contributed by atoms with Gasteiger partial charge in [-0.25, -0.2) is 0 Å². The second-order valence-corrected chi connectivity index (χ2v) is 4.13. The van der Waals surface area contributed by atoms with Crippen molar-refractivity contribution in [2.75, 3.05) is 5.32 Å². The van der Waals surface area contributed by atoms with Gasteiger partial charge in [0, 0.05) is 12.4 Å². The SMILES string of the molecule is NC(=O)c1ccccc1NC(=O)c1ccncc1Cl. The van der Waals surface area contributed by atoms with E-state index in [4.69, 9.17) is 17.3 Å². The van der Waals surface area contributed by atoms with Crippen LogP contribution < -0.4 is 11.1 Å². The maximum Gasteiger partial charge on any atom is 0.257 e. The molecule has 0 aliphatic heterocycles. The van der Waals surface area contributed by atoms with Gasteiger partial charge in [0.15, 0.2) is 0 Å². The van der Waals surface area contributed by atoms with Gasteiger partial charge in [0.25, 0.3) is 11.8 Å². The first-order valence-corrected chi connectivity index (χ1v) is 5.77. The molecule has 0 aliphatic carbocycles. The molecule has 0 unspecified atom stereocenters. The van der Waals surface area contributed by atoms with Gasteiger partial charge in [0.2, 0.25) is 0 Å². The number of hydrogen-bond donors (Lipinski definition) is 2. The van der Waals surface area contributed by atoms with Gasteiger partial charge in [-0.05, 0) is 18.2 Å². The number of nitrogens with two attached hydrogens (primary N) is 1. The monoisotopic (exact) mass is 275 g/mol. The molecule has 5 nitrogen and oxygen atoms in total. The van der Waals surface area contributed by atoms with Gasteiger partial charge < -0.3 is 11.1 Å². The molecule has 0 bridgehead atoms. The first-order chi connectivity index (χ1) is 9.09. The molecule has 1 heterocycles. The molecule has 3 N–H and O–H groups in total. The molecule has 0 fully saturated rings. The van der Waals surface area contributed by atoms with Crippen LogP contribution in [-0.4, -0.2) is 16.8 Å². The largest absolute Gasteiger partial charge is 0.366 e. The zero-order valence-electron chi connectivity index (χ0n) is 9.76.